The number of hydrogen-bond donors (Lipinski definition) is 0. The number of rotatable bonds is 4. The molecule has 0 aliphatic rings. The van der Waals surface area contributed by atoms with Gasteiger partial charge in [0.05, 0.1) is 17.7 Å². The first-order chi connectivity index (χ1) is 12.0. The van der Waals surface area contributed by atoms with Crippen molar-refractivity contribution in [3.63, 3.8) is 0 Å². The van der Waals surface area contributed by atoms with Gasteiger partial charge < -0.3 is 4.74 Å². The van der Waals surface area contributed by atoms with Crippen molar-refractivity contribution in [3.8, 4) is 16.9 Å². The van der Waals surface area contributed by atoms with Gasteiger partial charge in [-0.15, -0.1) is 0 Å². The lowest BCUT2D eigenvalue weighted by molar-refractivity contribution is -0.384. The Kier molecular flexibility index (Phi) is 4.25. The highest BCUT2D eigenvalue weighted by Gasteiger charge is 2.22. The minimum absolute atomic E-state index is 0.0139. The van der Waals surface area contributed by atoms with Gasteiger partial charge in [-0.05, 0) is 36.4 Å². The molecule has 0 amide bonds. The fraction of sp³-hybridized carbons (Fsp3) is 0.0588. The van der Waals surface area contributed by atoms with Crippen LogP contribution in [0.1, 0.15) is 10.5 Å². The SMILES string of the molecule is COC(=O)c1cc(-c2ccc(F)cc2)n(-c2ccccc2[N+](=O)[O-])n1. The molecule has 0 saturated carbocycles. The highest BCUT2D eigenvalue weighted by Crippen LogP contribution is 2.29. The van der Waals surface area contributed by atoms with Crippen LogP contribution in [-0.2, 0) is 4.74 Å². The molecule has 3 rings (SSSR count). The van der Waals surface area contributed by atoms with Crippen molar-refractivity contribution in [3.05, 3.63) is 76.2 Å². The molecule has 0 radical (unpaired) electrons. The Morgan fingerprint density at radius 3 is 2.52 bits per heavy atom. The van der Waals surface area contributed by atoms with E-state index in [1.54, 1.807) is 6.07 Å². The molecule has 0 aliphatic heterocycles. The Hall–Kier alpha value is -3.55. The van der Waals surface area contributed by atoms with Crippen LogP contribution < -0.4 is 0 Å². The van der Waals surface area contributed by atoms with E-state index in [-0.39, 0.29) is 17.1 Å². The molecule has 1 heterocycles. The first kappa shape index (κ1) is 16.3. The maximum atomic E-state index is 13.2. The number of para-hydroxylation sites is 2. The Morgan fingerprint density at radius 1 is 1.20 bits per heavy atom. The molecule has 0 bridgehead atoms. The van der Waals surface area contributed by atoms with Crippen molar-refractivity contribution in [2.24, 2.45) is 0 Å². The van der Waals surface area contributed by atoms with Gasteiger partial charge in [0.2, 0.25) is 0 Å². The molecule has 0 N–H and O–H groups in total. The molecule has 0 unspecified atom stereocenters. The quantitative estimate of drug-likeness (QED) is 0.412. The van der Waals surface area contributed by atoms with E-state index in [4.69, 9.17) is 0 Å². The summed E-state index contributed by atoms with van der Waals surface area (Å²) >= 11 is 0. The fourth-order valence-electron chi connectivity index (χ4n) is 2.39. The number of benzene rings is 2. The molecule has 126 valence electrons. The molecule has 0 saturated heterocycles. The summed E-state index contributed by atoms with van der Waals surface area (Å²) in [5.41, 5.74) is 0.934. The normalized spacial score (nSPS) is 10.5. The van der Waals surface area contributed by atoms with Gasteiger partial charge in [-0.1, -0.05) is 12.1 Å². The van der Waals surface area contributed by atoms with E-state index in [0.29, 0.717) is 11.3 Å². The third kappa shape index (κ3) is 3.09. The number of methoxy groups -OCH3 is 1. The highest BCUT2D eigenvalue weighted by atomic mass is 19.1. The molecule has 25 heavy (non-hydrogen) atoms. The summed E-state index contributed by atoms with van der Waals surface area (Å²) in [7, 11) is 1.21. The van der Waals surface area contributed by atoms with Crippen molar-refractivity contribution >= 4 is 11.7 Å². The van der Waals surface area contributed by atoms with Gasteiger partial charge in [0.1, 0.15) is 11.5 Å². The summed E-state index contributed by atoms with van der Waals surface area (Å²) in [6.45, 7) is 0. The number of ether oxygens (including phenoxy) is 1. The number of carbonyl (C=O) groups is 1. The Labute approximate surface area is 141 Å². The average Bonchev–Trinajstić information content (AvgIpc) is 3.06. The summed E-state index contributed by atoms with van der Waals surface area (Å²) in [4.78, 5) is 22.6. The molecule has 8 heteroatoms. The van der Waals surface area contributed by atoms with E-state index in [1.807, 2.05) is 0 Å². The average molecular weight is 341 g/mol. The molecule has 1 aromatic heterocycles. The minimum Gasteiger partial charge on any atom is -0.464 e. The first-order valence-electron chi connectivity index (χ1n) is 7.19. The fourth-order valence-corrected chi connectivity index (χ4v) is 2.39. The third-order valence-electron chi connectivity index (χ3n) is 3.55. The summed E-state index contributed by atoms with van der Waals surface area (Å²) in [6, 6.07) is 12.9. The standard InChI is InChI=1S/C17H12FN3O4/c1-25-17(22)13-10-16(11-6-8-12(18)9-7-11)20(19-13)14-4-2-3-5-15(14)21(23)24/h2-10H,1H3. The summed E-state index contributed by atoms with van der Waals surface area (Å²) in [5.74, 6) is -1.10. The largest absolute Gasteiger partial charge is 0.464 e. The second kappa shape index (κ2) is 6.52. The predicted molar refractivity (Wildman–Crippen MR) is 87.0 cm³/mol. The van der Waals surface area contributed by atoms with Crippen LogP contribution in [0.2, 0.25) is 0 Å². The molecule has 0 spiro atoms. The number of esters is 1. The van der Waals surface area contributed by atoms with Crippen LogP contribution in [0.25, 0.3) is 16.9 Å². The van der Waals surface area contributed by atoms with Gasteiger partial charge in [0.15, 0.2) is 5.69 Å². The van der Waals surface area contributed by atoms with Crippen LogP contribution in [0.5, 0.6) is 0 Å². The summed E-state index contributed by atoms with van der Waals surface area (Å²) in [6.07, 6.45) is 0. The van der Waals surface area contributed by atoms with Crippen LogP contribution in [0.3, 0.4) is 0 Å². The number of nitro groups is 1. The molecule has 0 fully saturated rings. The maximum absolute atomic E-state index is 13.2. The number of halogens is 1. The van der Waals surface area contributed by atoms with Crippen LogP contribution in [-0.4, -0.2) is 27.8 Å². The zero-order chi connectivity index (χ0) is 18.0. The molecule has 0 atom stereocenters. The summed E-state index contributed by atoms with van der Waals surface area (Å²) in [5, 5.41) is 15.4. The highest BCUT2D eigenvalue weighted by molar-refractivity contribution is 5.89. The number of nitrogens with zero attached hydrogens (tertiary/aromatic N) is 3. The van der Waals surface area contributed by atoms with E-state index in [0.717, 1.165) is 0 Å². The lowest BCUT2D eigenvalue weighted by atomic mass is 10.1. The topological polar surface area (TPSA) is 87.3 Å². The smallest absolute Gasteiger partial charge is 0.358 e. The molecule has 0 aliphatic carbocycles. The van der Waals surface area contributed by atoms with E-state index in [1.165, 1.54) is 60.3 Å². The molecule has 3 aromatic rings. The predicted octanol–water partition coefficient (Wildman–Crippen LogP) is 3.37. The maximum Gasteiger partial charge on any atom is 0.358 e. The lowest BCUT2D eigenvalue weighted by Crippen LogP contribution is -2.06. The monoisotopic (exact) mass is 341 g/mol. The van der Waals surface area contributed by atoms with Crippen molar-refractivity contribution in [1.29, 1.82) is 0 Å². The van der Waals surface area contributed by atoms with E-state index < -0.39 is 16.7 Å². The summed E-state index contributed by atoms with van der Waals surface area (Å²) < 4.78 is 19.1. The van der Waals surface area contributed by atoms with E-state index >= 15 is 0 Å². The Balaban J connectivity index is 2.25. The van der Waals surface area contributed by atoms with E-state index in [9.17, 15) is 19.3 Å². The van der Waals surface area contributed by atoms with Crippen LogP contribution >= 0.6 is 0 Å². The second-order valence-corrected chi connectivity index (χ2v) is 5.07. The van der Waals surface area contributed by atoms with Crippen LogP contribution in [0.4, 0.5) is 10.1 Å². The second-order valence-electron chi connectivity index (χ2n) is 5.07. The van der Waals surface area contributed by atoms with Gasteiger partial charge in [-0.25, -0.2) is 13.9 Å². The van der Waals surface area contributed by atoms with Crippen molar-refractivity contribution in [2.75, 3.05) is 7.11 Å². The molecular formula is C17H12FN3O4. The van der Waals surface area contributed by atoms with Crippen molar-refractivity contribution in [1.82, 2.24) is 9.78 Å². The van der Waals surface area contributed by atoms with Crippen LogP contribution in [0, 0.1) is 15.9 Å². The van der Waals surface area contributed by atoms with Crippen molar-refractivity contribution < 1.29 is 18.8 Å². The van der Waals surface area contributed by atoms with Gasteiger partial charge in [-0.3, -0.25) is 10.1 Å². The molecule has 7 nitrogen and oxygen atoms in total. The minimum atomic E-state index is -0.680. The van der Waals surface area contributed by atoms with Crippen molar-refractivity contribution in [2.45, 2.75) is 0 Å². The lowest BCUT2D eigenvalue weighted by Gasteiger charge is -2.08. The van der Waals surface area contributed by atoms with Gasteiger partial charge in [0.25, 0.3) is 5.69 Å². The zero-order valence-corrected chi connectivity index (χ0v) is 13.0. The number of hydrogen-bond acceptors (Lipinski definition) is 5. The Morgan fingerprint density at radius 2 is 1.88 bits per heavy atom. The zero-order valence-electron chi connectivity index (χ0n) is 13.0. The van der Waals surface area contributed by atoms with Gasteiger partial charge in [0, 0.05) is 11.6 Å². The molecule has 2 aromatic carbocycles. The number of nitro benzene ring substituents is 1. The third-order valence-corrected chi connectivity index (χ3v) is 3.55. The first-order valence-corrected chi connectivity index (χ1v) is 7.19. The molecular weight excluding hydrogens is 329 g/mol. The van der Waals surface area contributed by atoms with Gasteiger partial charge in [-0.2, -0.15) is 5.10 Å². The number of carbonyl (C=O) groups excluding carboxylic acids is 1. The van der Waals surface area contributed by atoms with Crippen LogP contribution in [0.15, 0.2) is 54.6 Å². The van der Waals surface area contributed by atoms with E-state index in [2.05, 4.69) is 9.84 Å². The number of aromatic nitrogens is 2. The van der Waals surface area contributed by atoms with Gasteiger partial charge >= 0.3 is 5.97 Å². The Bertz CT molecular complexity index is 951.